The molecule has 0 spiro atoms. The van der Waals surface area contributed by atoms with E-state index in [1.54, 1.807) is 25.3 Å². The van der Waals surface area contributed by atoms with Gasteiger partial charge in [0.05, 0.1) is 7.11 Å². The third-order valence-electron chi connectivity index (χ3n) is 2.24. The summed E-state index contributed by atoms with van der Waals surface area (Å²) in [6.07, 6.45) is -1.19. The number of hydrogen-bond donors (Lipinski definition) is 3. The highest BCUT2D eigenvalue weighted by molar-refractivity contribution is 6.31. The van der Waals surface area contributed by atoms with Crippen LogP contribution in [0.4, 0.5) is 0 Å². The molecular weight excluding hydrogens is 244 g/mol. The number of carbonyl (C=O) groups is 1. The maximum absolute atomic E-state index is 11.3. The van der Waals surface area contributed by atoms with Gasteiger partial charge in [0.2, 0.25) is 5.91 Å². The van der Waals surface area contributed by atoms with Crippen LogP contribution in [0.2, 0.25) is 5.02 Å². The second-order valence-corrected chi connectivity index (χ2v) is 3.83. The zero-order valence-corrected chi connectivity index (χ0v) is 10.2. The van der Waals surface area contributed by atoms with E-state index in [0.29, 0.717) is 10.8 Å². The van der Waals surface area contributed by atoms with Gasteiger partial charge in [0, 0.05) is 18.1 Å². The molecule has 0 aliphatic rings. The predicted octanol–water partition coefficient (Wildman–Crippen LogP) is 0.284. The maximum Gasteiger partial charge on any atom is 0.250 e. The summed E-state index contributed by atoms with van der Waals surface area (Å²) in [5.74, 6) is 0.131. The number of halogens is 1. The first kappa shape index (κ1) is 13.8. The van der Waals surface area contributed by atoms with Crippen molar-refractivity contribution in [3.05, 3.63) is 28.8 Å². The first-order valence-corrected chi connectivity index (χ1v) is 5.44. The topological polar surface area (TPSA) is 84.6 Å². The van der Waals surface area contributed by atoms with E-state index in [1.807, 2.05) is 0 Å². The molecule has 0 aliphatic carbocycles. The fraction of sp³-hybridized carbons (Fsp3) is 0.364. The summed E-state index contributed by atoms with van der Waals surface area (Å²) in [6.45, 7) is 0.126. The number of benzene rings is 1. The summed E-state index contributed by atoms with van der Waals surface area (Å²) >= 11 is 5.99. The number of methoxy groups -OCH3 is 1. The fourth-order valence-corrected chi connectivity index (χ4v) is 1.44. The summed E-state index contributed by atoms with van der Waals surface area (Å²) < 4.78 is 5.00. The summed E-state index contributed by atoms with van der Waals surface area (Å²) in [6, 6.07) is 5.14. The second-order valence-electron chi connectivity index (χ2n) is 3.43. The Balaban J connectivity index is 2.61. The van der Waals surface area contributed by atoms with Crippen molar-refractivity contribution in [1.82, 2.24) is 5.32 Å². The summed E-state index contributed by atoms with van der Waals surface area (Å²) in [4.78, 5) is 11.3. The highest BCUT2D eigenvalue weighted by Gasteiger charge is 2.12. The van der Waals surface area contributed by atoms with Gasteiger partial charge in [-0.1, -0.05) is 17.7 Å². The Morgan fingerprint density at radius 1 is 1.65 bits per heavy atom. The summed E-state index contributed by atoms with van der Waals surface area (Å²) in [5.41, 5.74) is 5.90. The van der Waals surface area contributed by atoms with Gasteiger partial charge in [0.25, 0.3) is 0 Å². The third-order valence-corrected chi connectivity index (χ3v) is 2.59. The number of aliphatic hydroxyl groups excluding tert-OH is 1. The van der Waals surface area contributed by atoms with Crippen LogP contribution in [-0.4, -0.2) is 30.8 Å². The second kappa shape index (κ2) is 6.44. The summed E-state index contributed by atoms with van der Waals surface area (Å²) in [7, 11) is 1.55. The minimum absolute atomic E-state index is 0.109. The number of carbonyl (C=O) groups excluding carboxylic acids is 1. The molecule has 0 aliphatic heterocycles. The van der Waals surface area contributed by atoms with Crippen molar-refractivity contribution in [3.63, 3.8) is 0 Å². The van der Waals surface area contributed by atoms with Gasteiger partial charge in [0.15, 0.2) is 0 Å². The molecule has 0 saturated heterocycles. The molecule has 5 nitrogen and oxygen atoms in total. The summed E-state index contributed by atoms with van der Waals surface area (Å²) in [5, 5.41) is 12.2. The molecule has 1 unspecified atom stereocenters. The highest BCUT2D eigenvalue weighted by Crippen LogP contribution is 2.22. The van der Waals surface area contributed by atoms with Crippen LogP contribution >= 0.6 is 11.6 Å². The molecule has 1 amide bonds. The number of nitrogens with one attached hydrogen (secondary N) is 1. The quantitative estimate of drug-likeness (QED) is 0.709. The fourth-order valence-electron chi connectivity index (χ4n) is 1.21. The van der Waals surface area contributed by atoms with E-state index in [2.05, 4.69) is 5.32 Å². The van der Waals surface area contributed by atoms with Crippen molar-refractivity contribution >= 4 is 17.5 Å². The predicted molar refractivity (Wildman–Crippen MR) is 64.9 cm³/mol. The van der Waals surface area contributed by atoms with Crippen LogP contribution in [0.25, 0.3) is 0 Å². The van der Waals surface area contributed by atoms with E-state index in [4.69, 9.17) is 27.2 Å². The van der Waals surface area contributed by atoms with Gasteiger partial charge in [-0.15, -0.1) is 0 Å². The van der Waals surface area contributed by atoms with Gasteiger partial charge in [-0.25, -0.2) is 0 Å². The van der Waals surface area contributed by atoms with Gasteiger partial charge >= 0.3 is 0 Å². The van der Waals surface area contributed by atoms with Crippen LogP contribution in [0.5, 0.6) is 5.75 Å². The molecule has 1 rings (SSSR count). The number of aliphatic hydroxyl groups is 1. The largest absolute Gasteiger partial charge is 0.497 e. The minimum atomic E-state index is -1.19. The van der Waals surface area contributed by atoms with E-state index in [0.717, 1.165) is 5.56 Å². The standard InChI is InChI=1S/C11H15ClN2O3/c1-17-8-3-2-7(9(12)4-8)6-14-11(16)10(15)5-13/h2-4,10,15H,5-6,13H2,1H3,(H,14,16). The Labute approximate surface area is 105 Å². The highest BCUT2D eigenvalue weighted by atomic mass is 35.5. The average molecular weight is 259 g/mol. The lowest BCUT2D eigenvalue weighted by Gasteiger charge is -2.10. The number of hydrogen-bond acceptors (Lipinski definition) is 4. The normalized spacial score (nSPS) is 12.0. The molecule has 0 aromatic heterocycles. The van der Waals surface area contributed by atoms with E-state index < -0.39 is 12.0 Å². The van der Waals surface area contributed by atoms with Crippen LogP contribution in [0.3, 0.4) is 0 Å². The monoisotopic (exact) mass is 258 g/mol. The van der Waals surface area contributed by atoms with Crippen molar-refractivity contribution in [2.24, 2.45) is 5.73 Å². The molecule has 0 saturated carbocycles. The Morgan fingerprint density at radius 3 is 2.88 bits per heavy atom. The number of ether oxygens (including phenoxy) is 1. The molecule has 4 N–H and O–H groups in total. The Bertz CT molecular complexity index is 398. The molecule has 0 fully saturated rings. The van der Waals surface area contributed by atoms with Gasteiger partial charge < -0.3 is 20.9 Å². The SMILES string of the molecule is COc1ccc(CNC(=O)C(O)CN)c(Cl)c1. The zero-order valence-electron chi connectivity index (χ0n) is 9.44. The number of amides is 1. The van der Waals surface area contributed by atoms with Crippen LogP contribution in [0, 0.1) is 0 Å². The molecule has 0 bridgehead atoms. The number of nitrogens with two attached hydrogens (primary N) is 1. The maximum atomic E-state index is 11.3. The molecule has 6 heteroatoms. The van der Waals surface area contributed by atoms with Crippen molar-refractivity contribution in [2.75, 3.05) is 13.7 Å². The first-order valence-electron chi connectivity index (χ1n) is 5.06. The van der Waals surface area contributed by atoms with Crippen molar-refractivity contribution in [3.8, 4) is 5.75 Å². The minimum Gasteiger partial charge on any atom is -0.497 e. The van der Waals surface area contributed by atoms with Crippen molar-refractivity contribution < 1.29 is 14.6 Å². The van der Waals surface area contributed by atoms with Gasteiger partial charge in [-0.05, 0) is 17.7 Å². The smallest absolute Gasteiger partial charge is 0.250 e. The van der Waals surface area contributed by atoms with Gasteiger partial charge in [-0.2, -0.15) is 0 Å². The van der Waals surface area contributed by atoms with Gasteiger partial charge in [-0.3, -0.25) is 4.79 Å². The van der Waals surface area contributed by atoms with Crippen molar-refractivity contribution in [2.45, 2.75) is 12.6 Å². The number of rotatable bonds is 5. The van der Waals surface area contributed by atoms with Crippen LogP contribution in [0.1, 0.15) is 5.56 Å². The molecule has 1 aromatic carbocycles. The first-order chi connectivity index (χ1) is 8.08. The van der Waals surface area contributed by atoms with Gasteiger partial charge in [0.1, 0.15) is 11.9 Å². The Hall–Kier alpha value is -1.30. The molecular formula is C11H15ClN2O3. The zero-order chi connectivity index (χ0) is 12.8. The van der Waals surface area contributed by atoms with Crippen LogP contribution < -0.4 is 15.8 Å². The molecule has 94 valence electrons. The molecule has 0 heterocycles. The van der Waals surface area contributed by atoms with E-state index in [-0.39, 0.29) is 13.1 Å². The van der Waals surface area contributed by atoms with E-state index in [9.17, 15) is 4.79 Å². The molecule has 1 atom stereocenters. The van der Waals surface area contributed by atoms with E-state index in [1.165, 1.54) is 0 Å². The Morgan fingerprint density at radius 2 is 2.35 bits per heavy atom. The van der Waals surface area contributed by atoms with Crippen molar-refractivity contribution in [1.29, 1.82) is 0 Å². The lowest BCUT2D eigenvalue weighted by atomic mass is 10.2. The molecule has 1 aromatic rings. The molecule has 17 heavy (non-hydrogen) atoms. The average Bonchev–Trinajstić information content (AvgIpc) is 2.35. The Kier molecular flexibility index (Phi) is 5.21. The van der Waals surface area contributed by atoms with E-state index >= 15 is 0 Å². The van der Waals surface area contributed by atoms with Crippen LogP contribution in [-0.2, 0) is 11.3 Å². The third kappa shape index (κ3) is 3.89. The lowest BCUT2D eigenvalue weighted by Crippen LogP contribution is -2.38. The molecule has 0 radical (unpaired) electrons. The lowest BCUT2D eigenvalue weighted by molar-refractivity contribution is -0.128. The van der Waals surface area contributed by atoms with Crippen LogP contribution in [0.15, 0.2) is 18.2 Å².